The molecular formula is C49H30N2S. The first-order valence-electron chi connectivity index (χ1n) is 17.7. The number of fused-ring (bicyclic) bond motifs is 13. The van der Waals surface area contributed by atoms with Gasteiger partial charge >= 0.3 is 0 Å². The lowest BCUT2D eigenvalue weighted by Gasteiger charge is -2.40. The third-order valence-corrected chi connectivity index (χ3v) is 12.2. The minimum Gasteiger partial charge on any atom is -0.228 e. The second-order valence-corrected chi connectivity index (χ2v) is 14.7. The summed E-state index contributed by atoms with van der Waals surface area (Å²) in [4.78, 5) is 13.1. The Balaban J connectivity index is 1.26. The summed E-state index contributed by atoms with van der Waals surface area (Å²) in [7, 11) is 0. The zero-order chi connectivity index (χ0) is 34.2. The van der Waals surface area contributed by atoms with E-state index in [-0.39, 0.29) is 0 Å². The van der Waals surface area contributed by atoms with Crippen molar-refractivity contribution in [2.45, 2.75) is 15.2 Å². The highest BCUT2D eigenvalue weighted by Crippen LogP contribution is 2.65. The highest BCUT2D eigenvalue weighted by atomic mass is 32.2. The van der Waals surface area contributed by atoms with Gasteiger partial charge in [-0.1, -0.05) is 188 Å². The summed E-state index contributed by atoms with van der Waals surface area (Å²) >= 11 is 1.93. The van der Waals surface area contributed by atoms with E-state index in [9.17, 15) is 0 Å². The number of hydrogen-bond acceptors (Lipinski definition) is 3. The van der Waals surface area contributed by atoms with Crippen LogP contribution in [0.2, 0.25) is 0 Å². The van der Waals surface area contributed by atoms with Gasteiger partial charge in [0.1, 0.15) is 0 Å². The fourth-order valence-electron chi connectivity index (χ4n) is 8.72. The number of benzene rings is 8. The number of aromatic nitrogens is 2. The molecular weight excluding hydrogens is 649 g/mol. The van der Waals surface area contributed by atoms with Crippen LogP contribution in [-0.4, -0.2) is 9.97 Å². The van der Waals surface area contributed by atoms with Crippen LogP contribution >= 0.6 is 11.8 Å². The summed E-state index contributed by atoms with van der Waals surface area (Å²) in [6.45, 7) is 0. The largest absolute Gasteiger partial charge is 0.228 e. The van der Waals surface area contributed by atoms with Crippen LogP contribution in [0.25, 0.3) is 66.6 Å². The number of nitrogens with zero attached hydrogens (tertiary/aromatic N) is 2. The lowest BCUT2D eigenvalue weighted by molar-refractivity contribution is 0.729. The quantitative estimate of drug-likeness (QED) is 0.186. The van der Waals surface area contributed by atoms with Gasteiger partial charge in [-0.25, -0.2) is 9.97 Å². The molecule has 52 heavy (non-hydrogen) atoms. The molecule has 2 heterocycles. The van der Waals surface area contributed by atoms with Gasteiger partial charge in [0.15, 0.2) is 5.82 Å². The van der Waals surface area contributed by atoms with Crippen LogP contribution in [0.1, 0.15) is 22.3 Å². The van der Waals surface area contributed by atoms with Crippen LogP contribution in [0.5, 0.6) is 0 Å². The van der Waals surface area contributed by atoms with E-state index in [1.54, 1.807) is 0 Å². The Morgan fingerprint density at radius 2 is 0.923 bits per heavy atom. The molecule has 1 aromatic heterocycles. The molecule has 9 aromatic rings. The SMILES string of the molecule is c1ccc(-c2cc(-c3cccc4c3-c3ccccc3C43c4ccc5ccccc5c4Sc4c3ccc3ccccc43)nc(-c3ccccc3)n2)cc1. The molecule has 8 aromatic carbocycles. The number of hydrogen-bond donors (Lipinski definition) is 0. The molecule has 0 atom stereocenters. The summed E-state index contributed by atoms with van der Waals surface area (Å²) in [5.41, 5.74) is 12.2. The topological polar surface area (TPSA) is 25.8 Å². The van der Waals surface area contributed by atoms with Crippen LogP contribution < -0.4 is 0 Å². The molecule has 0 fully saturated rings. The van der Waals surface area contributed by atoms with E-state index in [0.29, 0.717) is 0 Å². The first-order chi connectivity index (χ1) is 25.8. The van der Waals surface area contributed by atoms with Gasteiger partial charge in [-0.3, -0.25) is 0 Å². The zero-order valence-corrected chi connectivity index (χ0v) is 28.9. The van der Waals surface area contributed by atoms with Gasteiger partial charge in [-0.15, -0.1) is 0 Å². The Morgan fingerprint density at radius 1 is 0.385 bits per heavy atom. The van der Waals surface area contributed by atoms with Crippen LogP contribution in [0.3, 0.4) is 0 Å². The fraction of sp³-hybridized carbons (Fsp3) is 0.0204. The monoisotopic (exact) mass is 678 g/mol. The Bertz CT molecular complexity index is 2740. The highest BCUT2D eigenvalue weighted by molar-refractivity contribution is 8.00. The van der Waals surface area contributed by atoms with E-state index >= 15 is 0 Å². The first-order valence-corrected chi connectivity index (χ1v) is 18.6. The van der Waals surface area contributed by atoms with E-state index in [1.165, 1.54) is 64.7 Å². The molecule has 0 bridgehead atoms. The van der Waals surface area contributed by atoms with Crippen molar-refractivity contribution in [3.05, 3.63) is 204 Å². The van der Waals surface area contributed by atoms with Gasteiger partial charge in [-0.2, -0.15) is 0 Å². The molecule has 2 nitrogen and oxygen atoms in total. The van der Waals surface area contributed by atoms with Crippen LogP contribution in [0, 0.1) is 0 Å². The van der Waals surface area contributed by atoms with Crippen LogP contribution in [0.15, 0.2) is 192 Å². The Kier molecular flexibility index (Phi) is 6.43. The molecule has 1 aliphatic carbocycles. The molecule has 0 N–H and O–H groups in total. The van der Waals surface area contributed by atoms with Crippen molar-refractivity contribution in [1.29, 1.82) is 0 Å². The second-order valence-electron chi connectivity index (χ2n) is 13.6. The summed E-state index contributed by atoms with van der Waals surface area (Å²) in [5, 5.41) is 5.10. The molecule has 1 aliphatic heterocycles. The maximum Gasteiger partial charge on any atom is 0.160 e. The van der Waals surface area contributed by atoms with Gasteiger partial charge in [-0.05, 0) is 61.0 Å². The minimum absolute atomic E-state index is 0.524. The third kappa shape index (κ3) is 4.14. The maximum absolute atomic E-state index is 5.34. The molecule has 0 radical (unpaired) electrons. The third-order valence-electron chi connectivity index (χ3n) is 10.9. The normalized spacial score (nSPS) is 13.5. The Hall–Kier alpha value is -6.29. The second kappa shape index (κ2) is 11.4. The van der Waals surface area contributed by atoms with Gasteiger partial charge in [0.2, 0.25) is 0 Å². The van der Waals surface area contributed by atoms with Crippen molar-refractivity contribution in [2.75, 3.05) is 0 Å². The molecule has 0 saturated carbocycles. The van der Waals surface area contributed by atoms with Crippen molar-refractivity contribution in [2.24, 2.45) is 0 Å². The summed E-state index contributed by atoms with van der Waals surface area (Å²) in [5.74, 6) is 0.721. The maximum atomic E-state index is 5.34. The Morgan fingerprint density at radius 3 is 1.62 bits per heavy atom. The van der Waals surface area contributed by atoms with E-state index < -0.39 is 5.41 Å². The first kappa shape index (κ1) is 29.4. The predicted molar refractivity (Wildman–Crippen MR) is 215 cm³/mol. The van der Waals surface area contributed by atoms with Gasteiger partial charge in [0, 0.05) is 26.5 Å². The fourth-order valence-corrected chi connectivity index (χ4v) is 10.2. The van der Waals surface area contributed by atoms with Crippen molar-refractivity contribution in [1.82, 2.24) is 9.97 Å². The molecule has 1 spiro atoms. The number of rotatable bonds is 3. The van der Waals surface area contributed by atoms with E-state index in [2.05, 4.69) is 176 Å². The van der Waals surface area contributed by atoms with E-state index in [1.807, 2.05) is 17.8 Å². The molecule has 2 aliphatic rings. The van der Waals surface area contributed by atoms with Crippen LogP contribution in [-0.2, 0) is 5.41 Å². The Labute approximate surface area is 306 Å². The van der Waals surface area contributed by atoms with E-state index in [4.69, 9.17) is 9.97 Å². The van der Waals surface area contributed by atoms with Crippen LogP contribution in [0.4, 0.5) is 0 Å². The summed E-state index contributed by atoms with van der Waals surface area (Å²) < 4.78 is 0. The van der Waals surface area contributed by atoms with E-state index in [0.717, 1.165) is 33.9 Å². The molecule has 242 valence electrons. The molecule has 0 unspecified atom stereocenters. The molecule has 11 rings (SSSR count). The van der Waals surface area contributed by atoms with Gasteiger partial charge < -0.3 is 0 Å². The molecule has 0 saturated heterocycles. The molecule has 0 amide bonds. The van der Waals surface area contributed by atoms with Crippen molar-refractivity contribution >= 4 is 33.3 Å². The average molecular weight is 679 g/mol. The van der Waals surface area contributed by atoms with Crippen molar-refractivity contribution in [3.63, 3.8) is 0 Å². The van der Waals surface area contributed by atoms with Crippen molar-refractivity contribution in [3.8, 4) is 45.0 Å². The highest BCUT2D eigenvalue weighted by Gasteiger charge is 2.51. The average Bonchev–Trinajstić information content (AvgIpc) is 3.52. The molecule has 3 heteroatoms. The summed E-state index contributed by atoms with van der Waals surface area (Å²) in [6.07, 6.45) is 0. The minimum atomic E-state index is -0.524. The van der Waals surface area contributed by atoms with Gasteiger partial charge in [0.25, 0.3) is 0 Å². The smallest absolute Gasteiger partial charge is 0.160 e. The zero-order valence-electron chi connectivity index (χ0n) is 28.1. The standard InChI is InChI=1S/C49H30N2S/c1-3-16-33(17-4-1)43-30-44(51-48(50-43)34-18-5-2-6-19-34)38-23-13-25-40-45(38)37-22-11-12-24-39(37)49(40)41-28-26-31-14-7-9-20-35(31)46(41)52-47-36-21-10-8-15-32(36)27-29-42(47)49/h1-30H. The lowest BCUT2D eigenvalue weighted by Crippen LogP contribution is -2.32. The lowest BCUT2D eigenvalue weighted by atomic mass is 9.66. The predicted octanol–water partition coefficient (Wildman–Crippen LogP) is 12.6. The summed E-state index contributed by atoms with van der Waals surface area (Å²) in [6, 6.07) is 66.0. The van der Waals surface area contributed by atoms with Crippen molar-refractivity contribution < 1.29 is 0 Å². The van der Waals surface area contributed by atoms with Gasteiger partial charge in [0.05, 0.1) is 16.8 Å².